The number of phosphoric acid groups is 1. The predicted molar refractivity (Wildman–Crippen MR) is 43.0 cm³/mol. The minimum absolute atomic E-state index is 0. The molecule has 9 heavy (non-hydrogen) atoms. The molecule has 0 bridgehead atoms. The van der Waals surface area contributed by atoms with Crippen LogP contribution in [0.25, 0.3) is 0 Å². The van der Waals surface area contributed by atoms with Crippen LogP contribution in [0, 0.1) is 0 Å². The van der Waals surface area contributed by atoms with E-state index in [1.54, 1.807) is 0 Å². The molecular formula is H7ClK3O4P. The van der Waals surface area contributed by atoms with Gasteiger partial charge in [0, 0.05) is 0 Å². The molecule has 0 aromatic rings. The Labute approximate surface area is 187 Å². The summed E-state index contributed by atoms with van der Waals surface area (Å²) in [6.45, 7) is 0. The molecule has 0 amide bonds. The summed E-state index contributed by atoms with van der Waals surface area (Å²) in [5.41, 5.74) is 0. The second kappa shape index (κ2) is 15.8. The quantitative estimate of drug-likeness (QED) is 0.331. The van der Waals surface area contributed by atoms with E-state index in [0.29, 0.717) is 0 Å². The molecule has 3 N–H and O–H groups in total. The van der Waals surface area contributed by atoms with E-state index < -0.39 is 7.82 Å². The van der Waals surface area contributed by atoms with Gasteiger partial charge in [-0.05, 0) is 0 Å². The van der Waals surface area contributed by atoms with Crippen molar-refractivity contribution in [2.24, 2.45) is 0 Å². The van der Waals surface area contributed by atoms with E-state index in [0.717, 1.165) is 0 Å². The van der Waals surface area contributed by atoms with E-state index >= 15 is 0 Å². The van der Waals surface area contributed by atoms with Gasteiger partial charge in [-0.25, -0.2) is 4.57 Å². The van der Waals surface area contributed by atoms with Gasteiger partial charge in [0.15, 0.2) is 0 Å². The molecule has 0 rings (SSSR count). The zero-order valence-corrected chi connectivity index (χ0v) is 4.32. The Balaban J connectivity index is -0.0000000133. The average Bonchev–Trinajstić information content (AvgIpc) is 0.722. The van der Waals surface area contributed by atoms with Gasteiger partial charge < -0.3 is 14.7 Å². The third-order valence-electron chi connectivity index (χ3n) is 0. The Morgan fingerprint density at radius 3 is 0.889 bits per heavy atom. The number of rotatable bonds is 0. The summed E-state index contributed by atoms with van der Waals surface area (Å²) < 4.78 is 8.88. The van der Waals surface area contributed by atoms with Crippen LogP contribution in [0.1, 0.15) is 0 Å². The standard InChI is InChI=1S/ClH.3K.H3O4P.3H/c;;;;1-5(2,3)4;;;/h1H;;;;(H3,1,2,3,4);;;. The van der Waals surface area contributed by atoms with Gasteiger partial charge in [0.25, 0.3) is 0 Å². The van der Waals surface area contributed by atoms with Crippen LogP contribution in [0.5, 0.6) is 0 Å². The summed E-state index contributed by atoms with van der Waals surface area (Å²) in [6, 6.07) is 0. The van der Waals surface area contributed by atoms with Gasteiger partial charge in [0.05, 0.1) is 0 Å². The Morgan fingerprint density at radius 1 is 0.889 bits per heavy atom. The molecule has 0 aromatic heterocycles. The predicted octanol–water partition coefficient (Wildman–Crippen LogP) is -2.45. The van der Waals surface area contributed by atoms with Gasteiger partial charge in [-0.1, -0.05) is 0 Å². The van der Waals surface area contributed by atoms with Crippen LogP contribution in [0.15, 0.2) is 0 Å². The Morgan fingerprint density at radius 2 is 0.889 bits per heavy atom. The number of hydrogen-bond acceptors (Lipinski definition) is 1. The molecule has 0 heterocycles. The minimum atomic E-state index is -4.64. The third kappa shape index (κ3) is 60.4. The molecule has 9 heteroatoms. The van der Waals surface area contributed by atoms with Gasteiger partial charge in [0.2, 0.25) is 0 Å². The van der Waals surface area contributed by atoms with E-state index in [-0.39, 0.29) is 167 Å². The molecule has 46 valence electrons. The van der Waals surface area contributed by atoms with Crippen molar-refractivity contribution in [1.82, 2.24) is 0 Å². The van der Waals surface area contributed by atoms with Crippen LogP contribution < -0.4 is 0 Å². The van der Waals surface area contributed by atoms with Crippen molar-refractivity contribution < 1.29 is 19.2 Å². The van der Waals surface area contributed by atoms with E-state index in [1.807, 2.05) is 0 Å². The van der Waals surface area contributed by atoms with E-state index in [9.17, 15) is 0 Å². The Hall–Kier alpha value is 5.31. The summed E-state index contributed by atoms with van der Waals surface area (Å²) in [4.78, 5) is 21.6. The molecule has 0 aromatic carbocycles. The SMILES string of the molecule is Cl.O=P(O)(O)O.[KH].[KH].[KH]. The summed E-state index contributed by atoms with van der Waals surface area (Å²) in [5.74, 6) is 0. The van der Waals surface area contributed by atoms with Crippen molar-refractivity contribution in [3.63, 3.8) is 0 Å². The molecule has 0 unspecified atom stereocenters. The van der Waals surface area contributed by atoms with Crippen LogP contribution in [0.4, 0.5) is 0 Å². The van der Waals surface area contributed by atoms with Crippen molar-refractivity contribution in [3.05, 3.63) is 0 Å². The molecule has 0 radical (unpaired) electrons. The first-order chi connectivity index (χ1) is 2.00. The number of hydrogen-bond donors (Lipinski definition) is 3. The van der Waals surface area contributed by atoms with Gasteiger partial charge in [-0.15, -0.1) is 12.4 Å². The summed E-state index contributed by atoms with van der Waals surface area (Å²) in [5, 5.41) is 0. The molecule has 0 aliphatic rings. The van der Waals surface area contributed by atoms with Crippen molar-refractivity contribution in [1.29, 1.82) is 0 Å². The van der Waals surface area contributed by atoms with Crippen LogP contribution in [-0.4, -0.2) is 169 Å². The fraction of sp³-hybridized carbons (Fsp3) is 0. The monoisotopic (exact) mass is 254 g/mol. The maximum absolute atomic E-state index is 8.88. The Kier molecular flexibility index (Phi) is 51.2. The molecule has 0 spiro atoms. The van der Waals surface area contributed by atoms with E-state index in [1.165, 1.54) is 0 Å². The van der Waals surface area contributed by atoms with Crippen molar-refractivity contribution >= 4 is 174 Å². The summed E-state index contributed by atoms with van der Waals surface area (Å²) in [7, 11) is -4.64. The maximum atomic E-state index is 8.88. The van der Waals surface area contributed by atoms with Crippen LogP contribution >= 0.6 is 20.2 Å². The zero-order valence-electron chi connectivity index (χ0n) is 2.61. The topological polar surface area (TPSA) is 77.8 Å². The van der Waals surface area contributed by atoms with Crippen molar-refractivity contribution in [2.75, 3.05) is 0 Å². The molecule has 0 atom stereocenters. The molecule has 0 saturated carbocycles. The van der Waals surface area contributed by atoms with Crippen molar-refractivity contribution in [2.45, 2.75) is 0 Å². The fourth-order valence-corrected chi connectivity index (χ4v) is 0. The third-order valence-corrected chi connectivity index (χ3v) is 0. The van der Waals surface area contributed by atoms with Gasteiger partial charge >= 0.3 is 162 Å². The second-order valence-electron chi connectivity index (χ2n) is 0.513. The molecule has 0 aliphatic heterocycles. The van der Waals surface area contributed by atoms with Crippen LogP contribution in [-0.2, 0) is 4.57 Å². The zero-order chi connectivity index (χ0) is 4.50. The first-order valence-electron chi connectivity index (χ1n) is 0.783. The molecule has 4 nitrogen and oxygen atoms in total. The summed E-state index contributed by atoms with van der Waals surface area (Å²) >= 11 is 0. The molecule has 0 aliphatic carbocycles. The van der Waals surface area contributed by atoms with E-state index in [2.05, 4.69) is 0 Å². The number of halogens is 1. The van der Waals surface area contributed by atoms with Gasteiger partial charge in [-0.2, -0.15) is 0 Å². The van der Waals surface area contributed by atoms with E-state index in [4.69, 9.17) is 19.2 Å². The van der Waals surface area contributed by atoms with Crippen LogP contribution in [0.2, 0.25) is 0 Å². The molecule has 0 saturated heterocycles. The normalized spacial score (nSPS) is 6.56. The molecule has 0 fully saturated rings. The Bertz CT molecular complexity index is 61.9. The fourth-order valence-electron chi connectivity index (χ4n) is 0. The van der Waals surface area contributed by atoms with Gasteiger partial charge in [-0.3, -0.25) is 0 Å². The molecular weight excluding hydrogens is 248 g/mol. The average molecular weight is 255 g/mol. The van der Waals surface area contributed by atoms with Crippen molar-refractivity contribution in [3.8, 4) is 0 Å². The first kappa shape index (κ1) is 29.2. The van der Waals surface area contributed by atoms with Gasteiger partial charge in [0.1, 0.15) is 0 Å². The summed E-state index contributed by atoms with van der Waals surface area (Å²) in [6.07, 6.45) is 0. The van der Waals surface area contributed by atoms with Crippen LogP contribution in [0.3, 0.4) is 0 Å². The second-order valence-corrected chi connectivity index (χ2v) is 1.54. The first-order valence-corrected chi connectivity index (χ1v) is 2.35.